The van der Waals surface area contributed by atoms with Gasteiger partial charge in [-0.05, 0) is 29.7 Å². The lowest BCUT2D eigenvalue weighted by molar-refractivity contribution is 0.373. The highest BCUT2D eigenvalue weighted by atomic mass is 16.5. The van der Waals surface area contributed by atoms with Gasteiger partial charge < -0.3 is 30.2 Å². The van der Waals surface area contributed by atoms with E-state index in [-0.39, 0.29) is 46.1 Å². The Labute approximate surface area is 204 Å². The topological polar surface area (TPSA) is 128 Å². The van der Waals surface area contributed by atoms with Gasteiger partial charge in [0.1, 0.15) is 17.2 Å². The molecule has 8 heteroatoms. The first-order valence-electron chi connectivity index (χ1n) is 11.4. The number of ether oxygens (including phenoxy) is 3. The molecule has 0 fully saturated rings. The summed E-state index contributed by atoms with van der Waals surface area (Å²) in [5.41, 5.74) is 7.92. The summed E-state index contributed by atoms with van der Waals surface area (Å²) >= 11 is 0. The first-order valence-corrected chi connectivity index (χ1v) is 11.4. The Morgan fingerprint density at radius 1 is 0.778 bits per heavy atom. The average molecular weight is 485 g/mol. The maximum Gasteiger partial charge on any atom is 0.194 e. The van der Waals surface area contributed by atoms with Crippen molar-refractivity contribution in [1.82, 2.24) is 0 Å². The minimum atomic E-state index is -0.434. The van der Waals surface area contributed by atoms with Gasteiger partial charge in [0.15, 0.2) is 22.4 Å². The first kappa shape index (κ1) is 22.2. The summed E-state index contributed by atoms with van der Waals surface area (Å²) in [6.45, 7) is 1.91. The van der Waals surface area contributed by atoms with E-state index in [1.165, 1.54) is 33.5 Å². The van der Waals surface area contributed by atoms with Gasteiger partial charge in [-0.1, -0.05) is 11.6 Å². The second-order valence-electron chi connectivity index (χ2n) is 9.13. The minimum absolute atomic E-state index is 0.0137. The summed E-state index contributed by atoms with van der Waals surface area (Å²) in [6, 6.07) is 2.62. The Balaban J connectivity index is 2.20. The van der Waals surface area contributed by atoms with Gasteiger partial charge in [-0.3, -0.25) is 9.59 Å². The average Bonchev–Trinajstić information content (AvgIpc) is 3.00. The van der Waals surface area contributed by atoms with Crippen molar-refractivity contribution in [3.8, 4) is 28.7 Å². The third-order valence-electron chi connectivity index (χ3n) is 7.35. The number of hydrogen-bond acceptors (Lipinski definition) is 8. The monoisotopic (exact) mass is 485 g/mol. The minimum Gasteiger partial charge on any atom is -0.507 e. The Hall–Kier alpha value is -4.30. The Morgan fingerprint density at radius 3 is 1.86 bits per heavy atom. The van der Waals surface area contributed by atoms with E-state index in [0.29, 0.717) is 55.4 Å². The van der Waals surface area contributed by atoms with E-state index in [1.54, 1.807) is 0 Å². The second-order valence-corrected chi connectivity index (χ2v) is 9.13. The zero-order valence-corrected chi connectivity index (χ0v) is 20.2. The van der Waals surface area contributed by atoms with Crippen LogP contribution in [0.5, 0.6) is 28.7 Å². The molecular formula is C28H23NO7. The van der Waals surface area contributed by atoms with E-state index in [2.05, 4.69) is 0 Å². The molecule has 182 valence electrons. The van der Waals surface area contributed by atoms with Crippen molar-refractivity contribution in [2.75, 3.05) is 21.3 Å². The van der Waals surface area contributed by atoms with Crippen molar-refractivity contribution < 1.29 is 24.4 Å². The standard InChI is InChI=1S/C28H23NO7/c1-10-5-11-13(9-29)26(32)20-14(30)7-16(34-2)22-23-17(35-3)8-15(31)21-25(23)19(18(11)24(20)22)12(6-10)28(36-4)27(21)33/h5,7-8,32-33H,6,9,29H2,1-4H3. The fourth-order valence-electron chi connectivity index (χ4n) is 6.01. The molecule has 0 atom stereocenters. The maximum absolute atomic E-state index is 13.4. The van der Waals surface area contributed by atoms with Crippen molar-refractivity contribution in [1.29, 1.82) is 0 Å². The van der Waals surface area contributed by atoms with Crippen LogP contribution in [0, 0.1) is 0 Å². The molecular weight excluding hydrogens is 462 g/mol. The van der Waals surface area contributed by atoms with Gasteiger partial charge in [0, 0.05) is 51.3 Å². The number of hydrogen-bond donors (Lipinski definition) is 3. The van der Waals surface area contributed by atoms with E-state index in [4.69, 9.17) is 19.9 Å². The molecule has 0 radical (unpaired) electrons. The van der Waals surface area contributed by atoms with Crippen molar-refractivity contribution in [3.63, 3.8) is 0 Å². The highest BCUT2D eigenvalue weighted by Gasteiger charge is 2.32. The fraction of sp³-hybridized carbons (Fsp3) is 0.214. The van der Waals surface area contributed by atoms with E-state index in [9.17, 15) is 19.8 Å². The largest absolute Gasteiger partial charge is 0.507 e. The van der Waals surface area contributed by atoms with Gasteiger partial charge >= 0.3 is 0 Å². The number of benzene rings is 5. The van der Waals surface area contributed by atoms with Gasteiger partial charge in [0.05, 0.1) is 32.1 Å². The Morgan fingerprint density at radius 2 is 1.33 bits per heavy atom. The fourth-order valence-corrected chi connectivity index (χ4v) is 6.01. The molecule has 1 aliphatic rings. The molecule has 0 amide bonds. The number of phenolic OH excluding ortho intramolecular Hbond substituents is 2. The normalized spacial score (nSPS) is 13.2. The number of allylic oxidation sites excluding steroid dienone is 1. The third kappa shape index (κ3) is 2.46. The first-order chi connectivity index (χ1) is 17.3. The molecule has 8 nitrogen and oxygen atoms in total. The van der Waals surface area contributed by atoms with Crippen molar-refractivity contribution in [2.45, 2.75) is 19.9 Å². The quantitative estimate of drug-likeness (QED) is 0.259. The van der Waals surface area contributed by atoms with Crippen molar-refractivity contribution >= 4 is 49.2 Å². The van der Waals surface area contributed by atoms with E-state index in [1.807, 2.05) is 13.0 Å². The number of fused-ring (bicyclic) bond motifs is 1. The van der Waals surface area contributed by atoms with Gasteiger partial charge in [-0.2, -0.15) is 0 Å². The molecule has 0 bridgehead atoms. The van der Waals surface area contributed by atoms with Crippen LogP contribution in [0.15, 0.2) is 27.3 Å². The van der Waals surface area contributed by atoms with Crippen LogP contribution in [0.3, 0.4) is 0 Å². The summed E-state index contributed by atoms with van der Waals surface area (Å²) < 4.78 is 17.0. The van der Waals surface area contributed by atoms with Gasteiger partial charge in [-0.15, -0.1) is 0 Å². The summed E-state index contributed by atoms with van der Waals surface area (Å²) in [5.74, 6) is 0.280. The zero-order valence-electron chi connectivity index (χ0n) is 20.2. The molecule has 4 N–H and O–H groups in total. The molecule has 6 rings (SSSR count). The number of rotatable bonds is 4. The van der Waals surface area contributed by atoms with Crippen molar-refractivity contribution in [3.05, 3.63) is 54.8 Å². The molecule has 0 aliphatic heterocycles. The van der Waals surface area contributed by atoms with Crippen LogP contribution in [0.2, 0.25) is 0 Å². The molecule has 0 saturated heterocycles. The molecule has 0 unspecified atom stereocenters. The predicted octanol–water partition coefficient (Wildman–Crippen LogP) is 3.75. The van der Waals surface area contributed by atoms with E-state index < -0.39 is 10.9 Å². The molecule has 1 aliphatic carbocycles. The van der Waals surface area contributed by atoms with Gasteiger partial charge in [-0.25, -0.2) is 0 Å². The lowest BCUT2D eigenvalue weighted by atomic mass is 9.82. The lowest BCUT2D eigenvalue weighted by Crippen LogP contribution is -2.10. The number of methoxy groups -OCH3 is 3. The molecule has 0 spiro atoms. The number of nitrogens with two attached hydrogens (primary N) is 1. The number of phenols is 2. The summed E-state index contributed by atoms with van der Waals surface area (Å²) in [6.07, 6.45) is 2.33. The summed E-state index contributed by atoms with van der Waals surface area (Å²) in [4.78, 5) is 26.7. The molecule has 36 heavy (non-hydrogen) atoms. The zero-order chi connectivity index (χ0) is 25.6. The molecule has 5 aromatic carbocycles. The highest BCUT2D eigenvalue weighted by molar-refractivity contribution is 6.39. The Kier molecular flexibility index (Phi) is 4.53. The molecule has 5 aromatic rings. The molecule has 0 aromatic heterocycles. The Bertz CT molecular complexity index is 1920. The van der Waals surface area contributed by atoms with E-state index in [0.717, 1.165) is 5.57 Å². The van der Waals surface area contributed by atoms with Crippen LogP contribution >= 0.6 is 0 Å². The van der Waals surface area contributed by atoms with Gasteiger partial charge in [0.2, 0.25) is 0 Å². The van der Waals surface area contributed by atoms with Crippen LogP contribution in [-0.2, 0) is 13.0 Å². The van der Waals surface area contributed by atoms with E-state index >= 15 is 0 Å². The predicted molar refractivity (Wildman–Crippen MR) is 140 cm³/mol. The third-order valence-corrected chi connectivity index (χ3v) is 7.35. The van der Waals surface area contributed by atoms with Crippen LogP contribution < -0.4 is 30.8 Å². The molecule has 0 saturated carbocycles. The summed E-state index contributed by atoms with van der Waals surface area (Å²) in [7, 11) is 4.34. The SMILES string of the molecule is COc1c(O)c2c(=O)cc(OC)c3c4c(OC)cc(=O)c5c(O)c(CN)c6c(c(c1CC(C)=C6)c23)c54. The maximum atomic E-state index is 13.4. The van der Waals surface area contributed by atoms with Crippen LogP contribution in [0.4, 0.5) is 0 Å². The smallest absolute Gasteiger partial charge is 0.194 e. The van der Waals surface area contributed by atoms with Crippen LogP contribution in [0.1, 0.15) is 23.6 Å². The van der Waals surface area contributed by atoms with Crippen molar-refractivity contribution in [2.24, 2.45) is 5.73 Å². The summed E-state index contributed by atoms with van der Waals surface area (Å²) in [5, 5.41) is 26.1. The second kappa shape index (κ2) is 7.35. The highest BCUT2D eigenvalue weighted by Crippen LogP contribution is 2.55. The molecule has 0 heterocycles. The van der Waals surface area contributed by atoms with Gasteiger partial charge in [0.25, 0.3) is 0 Å². The van der Waals surface area contributed by atoms with Crippen LogP contribution in [0.25, 0.3) is 49.2 Å². The lowest BCUT2D eigenvalue weighted by Gasteiger charge is -2.23. The number of aromatic hydroxyl groups is 2. The van der Waals surface area contributed by atoms with Crippen LogP contribution in [-0.4, -0.2) is 31.5 Å².